The summed E-state index contributed by atoms with van der Waals surface area (Å²) in [5, 5.41) is 2.91. The molecule has 0 aliphatic heterocycles. The maximum absolute atomic E-state index is 13.5. The van der Waals surface area contributed by atoms with Gasteiger partial charge in [0, 0.05) is 12.7 Å². The summed E-state index contributed by atoms with van der Waals surface area (Å²) in [6, 6.07) is 9.93. The fraction of sp³-hybridized carbons (Fsp3) is 0.143. The largest absolute Gasteiger partial charge is 0.419 e. The highest BCUT2D eigenvalue weighted by Gasteiger charge is 2.33. The maximum atomic E-state index is 13.5. The van der Waals surface area contributed by atoms with Crippen LogP contribution in [-0.4, -0.2) is 7.05 Å². The molecule has 0 saturated carbocycles. The van der Waals surface area contributed by atoms with Gasteiger partial charge in [0.25, 0.3) is 0 Å². The molecule has 1 N–H and O–H groups in total. The second-order valence-corrected chi connectivity index (χ2v) is 4.02. The third-order valence-electron chi connectivity index (χ3n) is 2.76. The number of benzene rings is 2. The van der Waals surface area contributed by atoms with Gasteiger partial charge >= 0.3 is 6.18 Å². The third-order valence-corrected chi connectivity index (χ3v) is 2.76. The summed E-state index contributed by atoms with van der Waals surface area (Å²) in [6.07, 6.45) is -4.67. The van der Waals surface area contributed by atoms with Gasteiger partial charge in [-0.15, -0.1) is 0 Å². The van der Waals surface area contributed by atoms with Crippen molar-refractivity contribution in [2.75, 3.05) is 12.4 Å². The molecule has 0 radical (unpaired) electrons. The molecule has 0 spiro atoms. The van der Waals surface area contributed by atoms with Gasteiger partial charge in [-0.1, -0.05) is 18.2 Å². The Hall–Kier alpha value is -2.04. The second-order valence-electron chi connectivity index (χ2n) is 4.02. The summed E-state index contributed by atoms with van der Waals surface area (Å²) in [4.78, 5) is 0. The zero-order chi connectivity index (χ0) is 14.0. The van der Waals surface area contributed by atoms with Crippen molar-refractivity contribution in [3.8, 4) is 11.1 Å². The summed E-state index contributed by atoms with van der Waals surface area (Å²) < 4.78 is 50.8. The first-order valence-electron chi connectivity index (χ1n) is 5.57. The molecule has 0 saturated heterocycles. The van der Waals surface area contributed by atoms with Crippen molar-refractivity contribution in [2.24, 2.45) is 0 Å². The summed E-state index contributed by atoms with van der Waals surface area (Å²) >= 11 is 0. The molecule has 0 atom stereocenters. The topological polar surface area (TPSA) is 12.0 Å². The third kappa shape index (κ3) is 2.86. The van der Waals surface area contributed by atoms with Crippen LogP contribution in [0.5, 0.6) is 0 Å². The van der Waals surface area contributed by atoms with Gasteiger partial charge in [0.1, 0.15) is 5.82 Å². The van der Waals surface area contributed by atoms with Gasteiger partial charge in [-0.3, -0.25) is 0 Å². The summed E-state index contributed by atoms with van der Waals surface area (Å²) in [5.74, 6) is -1.26. The van der Waals surface area contributed by atoms with Crippen molar-refractivity contribution in [3.63, 3.8) is 0 Å². The molecule has 0 bridgehead atoms. The Morgan fingerprint density at radius 1 is 0.947 bits per heavy atom. The minimum atomic E-state index is -4.67. The number of hydrogen-bond donors (Lipinski definition) is 1. The molecule has 2 aromatic rings. The fourth-order valence-electron chi connectivity index (χ4n) is 1.78. The van der Waals surface area contributed by atoms with Crippen LogP contribution < -0.4 is 5.32 Å². The van der Waals surface area contributed by atoms with Crippen LogP contribution in [0.3, 0.4) is 0 Å². The van der Waals surface area contributed by atoms with Gasteiger partial charge in [-0.2, -0.15) is 13.2 Å². The maximum Gasteiger partial charge on any atom is 0.419 e. The lowest BCUT2D eigenvalue weighted by atomic mass is 10.0. The van der Waals surface area contributed by atoms with Crippen LogP contribution in [0.4, 0.5) is 23.2 Å². The van der Waals surface area contributed by atoms with E-state index in [-0.39, 0.29) is 0 Å². The van der Waals surface area contributed by atoms with Gasteiger partial charge in [-0.25, -0.2) is 4.39 Å². The smallest absolute Gasteiger partial charge is 0.388 e. The van der Waals surface area contributed by atoms with E-state index in [0.29, 0.717) is 11.1 Å². The normalized spacial score (nSPS) is 11.4. The van der Waals surface area contributed by atoms with Gasteiger partial charge in [0.15, 0.2) is 0 Å². The zero-order valence-electron chi connectivity index (χ0n) is 10.1. The molecule has 0 unspecified atom stereocenters. The molecule has 0 heterocycles. The molecular formula is C14H11F4N. The van der Waals surface area contributed by atoms with Gasteiger partial charge in [0.05, 0.1) is 5.56 Å². The van der Waals surface area contributed by atoms with Crippen LogP contribution in [0.1, 0.15) is 5.56 Å². The van der Waals surface area contributed by atoms with Crippen molar-refractivity contribution in [2.45, 2.75) is 6.18 Å². The number of hydrogen-bond acceptors (Lipinski definition) is 1. The first-order chi connectivity index (χ1) is 8.91. The fourth-order valence-corrected chi connectivity index (χ4v) is 1.78. The van der Waals surface area contributed by atoms with E-state index in [0.717, 1.165) is 17.8 Å². The highest BCUT2D eigenvalue weighted by atomic mass is 19.4. The van der Waals surface area contributed by atoms with Crippen molar-refractivity contribution < 1.29 is 17.6 Å². The molecule has 0 fully saturated rings. The van der Waals surface area contributed by atoms with E-state index in [9.17, 15) is 17.6 Å². The number of halogens is 4. The van der Waals surface area contributed by atoms with Crippen molar-refractivity contribution in [1.82, 2.24) is 0 Å². The molecular weight excluding hydrogens is 258 g/mol. The van der Waals surface area contributed by atoms with Crippen molar-refractivity contribution in [1.29, 1.82) is 0 Å². The lowest BCUT2D eigenvalue weighted by Gasteiger charge is -2.10. The Bertz CT molecular complexity index is 590. The highest BCUT2D eigenvalue weighted by Crippen LogP contribution is 2.33. The molecule has 0 aliphatic rings. The Labute approximate surface area is 107 Å². The van der Waals surface area contributed by atoms with E-state index in [1.807, 2.05) is 6.07 Å². The number of anilines is 1. The Morgan fingerprint density at radius 2 is 1.63 bits per heavy atom. The van der Waals surface area contributed by atoms with Crippen LogP contribution >= 0.6 is 0 Å². The van der Waals surface area contributed by atoms with Gasteiger partial charge < -0.3 is 5.32 Å². The van der Waals surface area contributed by atoms with Crippen molar-refractivity contribution in [3.05, 3.63) is 53.8 Å². The van der Waals surface area contributed by atoms with E-state index in [1.54, 1.807) is 25.2 Å². The number of rotatable bonds is 2. The minimum absolute atomic E-state index is 0.405. The number of nitrogens with one attached hydrogen (secondary N) is 1. The Morgan fingerprint density at radius 3 is 2.21 bits per heavy atom. The first-order valence-corrected chi connectivity index (χ1v) is 5.57. The molecule has 0 aliphatic carbocycles. The predicted octanol–water partition coefficient (Wildman–Crippen LogP) is 4.55. The molecule has 0 aromatic heterocycles. The molecule has 1 nitrogen and oxygen atoms in total. The van der Waals surface area contributed by atoms with E-state index in [2.05, 4.69) is 5.32 Å². The Balaban J connectivity index is 2.44. The molecule has 19 heavy (non-hydrogen) atoms. The van der Waals surface area contributed by atoms with Gasteiger partial charge in [-0.05, 0) is 35.4 Å². The van der Waals surface area contributed by atoms with E-state index >= 15 is 0 Å². The molecule has 2 aromatic carbocycles. The quantitative estimate of drug-likeness (QED) is 0.788. The average molecular weight is 269 g/mol. The lowest BCUT2D eigenvalue weighted by Crippen LogP contribution is -2.07. The predicted molar refractivity (Wildman–Crippen MR) is 66.4 cm³/mol. The van der Waals surface area contributed by atoms with E-state index in [4.69, 9.17) is 0 Å². The molecule has 100 valence electrons. The summed E-state index contributed by atoms with van der Waals surface area (Å²) in [5.41, 5.74) is 0.612. The average Bonchev–Trinajstić information content (AvgIpc) is 2.37. The van der Waals surface area contributed by atoms with Crippen LogP contribution in [0, 0.1) is 5.82 Å². The van der Waals surface area contributed by atoms with Crippen LogP contribution in [0.25, 0.3) is 11.1 Å². The highest BCUT2D eigenvalue weighted by molar-refractivity contribution is 5.68. The van der Waals surface area contributed by atoms with Crippen LogP contribution in [0.2, 0.25) is 0 Å². The first kappa shape index (κ1) is 13.4. The van der Waals surface area contributed by atoms with Crippen LogP contribution in [-0.2, 0) is 6.18 Å². The lowest BCUT2D eigenvalue weighted by molar-refractivity contribution is -0.139. The van der Waals surface area contributed by atoms with E-state index in [1.165, 1.54) is 6.07 Å². The van der Waals surface area contributed by atoms with Crippen molar-refractivity contribution >= 4 is 5.69 Å². The standard InChI is InChI=1S/C14H11F4N/c1-19-11-4-2-3-9(7-11)10-5-6-12(13(15)8-10)14(16,17)18/h2-8,19H,1H3. The van der Waals surface area contributed by atoms with E-state index < -0.39 is 17.6 Å². The molecule has 0 amide bonds. The number of alkyl halides is 3. The van der Waals surface area contributed by atoms with Gasteiger partial charge in [0.2, 0.25) is 0 Å². The molecule has 5 heteroatoms. The monoisotopic (exact) mass is 269 g/mol. The second kappa shape index (κ2) is 4.91. The minimum Gasteiger partial charge on any atom is -0.388 e. The zero-order valence-corrected chi connectivity index (χ0v) is 10.1. The SMILES string of the molecule is CNc1cccc(-c2ccc(C(F)(F)F)c(F)c2)c1. The Kier molecular flexibility index (Phi) is 3.46. The summed E-state index contributed by atoms with van der Waals surface area (Å²) in [6.45, 7) is 0. The summed E-state index contributed by atoms with van der Waals surface area (Å²) in [7, 11) is 1.73. The van der Waals surface area contributed by atoms with Crippen LogP contribution in [0.15, 0.2) is 42.5 Å². The molecule has 2 rings (SSSR count).